The standard InChI is InChI=1S/C15H14N6/c1-19-7-5-16-14(19)15-17-6-8-21(15)11-3-4-12-13(9-11)20(2)10-18-12/h3-10H,1-2H3. The highest BCUT2D eigenvalue weighted by atomic mass is 15.1. The molecular weight excluding hydrogens is 264 g/mol. The van der Waals surface area contributed by atoms with Crippen LogP contribution in [0.5, 0.6) is 0 Å². The molecule has 0 saturated heterocycles. The summed E-state index contributed by atoms with van der Waals surface area (Å²) in [6.45, 7) is 0. The van der Waals surface area contributed by atoms with Gasteiger partial charge in [-0.25, -0.2) is 15.0 Å². The maximum Gasteiger partial charge on any atom is 0.181 e. The lowest BCUT2D eigenvalue weighted by Crippen LogP contribution is -2.01. The molecule has 0 aliphatic rings. The lowest BCUT2D eigenvalue weighted by atomic mass is 10.2. The molecule has 0 aliphatic carbocycles. The van der Waals surface area contributed by atoms with Crippen LogP contribution in [-0.4, -0.2) is 28.7 Å². The second-order valence-corrected chi connectivity index (χ2v) is 5.01. The van der Waals surface area contributed by atoms with Crippen LogP contribution in [0.3, 0.4) is 0 Å². The van der Waals surface area contributed by atoms with Gasteiger partial charge in [0.25, 0.3) is 0 Å². The molecular formula is C15H14N6. The molecule has 6 nitrogen and oxygen atoms in total. The van der Waals surface area contributed by atoms with Crippen molar-refractivity contribution in [2.24, 2.45) is 14.1 Å². The number of hydrogen-bond donors (Lipinski definition) is 0. The van der Waals surface area contributed by atoms with E-state index in [2.05, 4.69) is 21.0 Å². The SMILES string of the molecule is Cn1ccnc1-c1nccn1-c1ccc2ncn(C)c2c1. The highest BCUT2D eigenvalue weighted by Crippen LogP contribution is 2.22. The minimum atomic E-state index is 0.823. The molecule has 0 spiro atoms. The molecule has 3 aromatic heterocycles. The van der Waals surface area contributed by atoms with Gasteiger partial charge in [-0.3, -0.25) is 4.57 Å². The molecule has 0 unspecified atom stereocenters. The van der Waals surface area contributed by atoms with Crippen LogP contribution in [0.4, 0.5) is 0 Å². The Balaban J connectivity index is 1.91. The Kier molecular flexibility index (Phi) is 2.44. The second kappa shape index (κ2) is 4.31. The summed E-state index contributed by atoms with van der Waals surface area (Å²) in [5.41, 5.74) is 3.12. The first-order chi connectivity index (χ1) is 10.2. The van der Waals surface area contributed by atoms with Gasteiger partial charge in [0.1, 0.15) is 0 Å². The van der Waals surface area contributed by atoms with Crippen LogP contribution in [0.1, 0.15) is 0 Å². The Morgan fingerprint density at radius 1 is 0.857 bits per heavy atom. The minimum absolute atomic E-state index is 0.823. The van der Waals surface area contributed by atoms with Crippen LogP contribution in [0.2, 0.25) is 0 Å². The monoisotopic (exact) mass is 278 g/mol. The van der Waals surface area contributed by atoms with Crippen molar-refractivity contribution in [1.29, 1.82) is 0 Å². The van der Waals surface area contributed by atoms with Gasteiger partial charge in [0.05, 0.1) is 17.4 Å². The summed E-state index contributed by atoms with van der Waals surface area (Å²) in [6, 6.07) is 6.17. The van der Waals surface area contributed by atoms with Gasteiger partial charge in [0, 0.05) is 44.6 Å². The number of aryl methyl sites for hydroxylation is 2. The average Bonchev–Trinajstić information content (AvgIpc) is 3.19. The van der Waals surface area contributed by atoms with E-state index in [1.165, 1.54) is 0 Å². The van der Waals surface area contributed by atoms with Crippen LogP contribution in [0.25, 0.3) is 28.4 Å². The van der Waals surface area contributed by atoms with Crippen molar-refractivity contribution in [2.45, 2.75) is 0 Å². The van der Waals surface area contributed by atoms with Gasteiger partial charge in [-0.05, 0) is 18.2 Å². The van der Waals surface area contributed by atoms with E-state index in [0.29, 0.717) is 0 Å². The highest BCUT2D eigenvalue weighted by molar-refractivity contribution is 5.78. The van der Waals surface area contributed by atoms with E-state index in [4.69, 9.17) is 0 Å². The topological polar surface area (TPSA) is 53.5 Å². The van der Waals surface area contributed by atoms with Crippen molar-refractivity contribution in [3.8, 4) is 17.3 Å². The van der Waals surface area contributed by atoms with E-state index in [0.717, 1.165) is 28.4 Å². The molecule has 4 rings (SSSR count). The summed E-state index contributed by atoms with van der Waals surface area (Å²) < 4.78 is 6.01. The van der Waals surface area contributed by atoms with Gasteiger partial charge in [-0.15, -0.1) is 0 Å². The fraction of sp³-hybridized carbons (Fsp3) is 0.133. The van der Waals surface area contributed by atoms with E-state index in [9.17, 15) is 0 Å². The summed E-state index contributed by atoms with van der Waals surface area (Å²) >= 11 is 0. The average molecular weight is 278 g/mol. The molecule has 0 saturated carbocycles. The Morgan fingerprint density at radius 2 is 1.67 bits per heavy atom. The third-order valence-electron chi connectivity index (χ3n) is 3.65. The molecule has 0 fully saturated rings. The Hall–Kier alpha value is -2.89. The van der Waals surface area contributed by atoms with Crippen LogP contribution in [0, 0.1) is 0 Å². The van der Waals surface area contributed by atoms with Crippen LogP contribution >= 0.6 is 0 Å². The number of fused-ring (bicyclic) bond motifs is 1. The largest absolute Gasteiger partial charge is 0.334 e. The van der Waals surface area contributed by atoms with Crippen molar-refractivity contribution in [3.63, 3.8) is 0 Å². The number of hydrogen-bond acceptors (Lipinski definition) is 3. The molecule has 0 aliphatic heterocycles. The molecule has 1 aromatic carbocycles. The first kappa shape index (κ1) is 11.9. The summed E-state index contributed by atoms with van der Waals surface area (Å²) in [7, 11) is 3.96. The first-order valence-corrected chi connectivity index (χ1v) is 6.66. The fourth-order valence-corrected chi connectivity index (χ4v) is 2.52. The zero-order chi connectivity index (χ0) is 14.4. The van der Waals surface area contributed by atoms with Crippen LogP contribution in [0.15, 0.2) is 49.3 Å². The fourth-order valence-electron chi connectivity index (χ4n) is 2.52. The van der Waals surface area contributed by atoms with Crippen molar-refractivity contribution >= 4 is 11.0 Å². The van der Waals surface area contributed by atoms with Crippen molar-refractivity contribution in [2.75, 3.05) is 0 Å². The Morgan fingerprint density at radius 3 is 2.48 bits per heavy atom. The van der Waals surface area contributed by atoms with E-state index in [1.807, 2.05) is 58.7 Å². The van der Waals surface area contributed by atoms with E-state index in [-0.39, 0.29) is 0 Å². The molecule has 0 bridgehead atoms. The number of aromatic nitrogens is 6. The van der Waals surface area contributed by atoms with Crippen molar-refractivity contribution in [1.82, 2.24) is 28.7 Å². The predicted octanol–water partition coefficient (Wildman–Crippen LogP) is 2.16. The van der Waals surface area contributed by atoms with Crippen molar-refractivity contribution in [3.05, 3.63) is 49.3 Å². The van der Waals surface area contributed by atoms with E-state index < -0.39 is 0 Å². The summed E-state index contributed by atoms with van der Waals surface area (Å²) in [5, 5.41) is 0. The van der Waals surface area contributed by atoms with E-state index >= 15 is 0 Å². The van der Waals surface area contributed by atoms with Crippen molar-refractivity contribution < 1.29 is 0 Å². The van der Waals surface area contributed by atoms with Crippen LogP contribution < -0.4 is 0 Å². The molecule has 0 amide bonds. The predicted molar refractivity (Wildman–Crippen MR) is 80.0 cm³/mol. The Bertz CT molecular complexity index is 927. The van der Waals surface area contributed by atoms with Gasteiger partial charge < -0.3 is 9.13 Å². The number of nitrogens with zero attached hydrogens (tertiary/aromatic N) is 6. The number of rotatable bonds is 2. The quantitative estimate of drug-likeness (QED) is 0.564. The van der Waals surface area contributed by atoms with Gasteiger partial charge in [0.2, 0.25) is 0 Å². The third-order valence-corrected chi connectivity index (χ3v) is 3.65. The summed E-state index contributed by atoms with van der Waals surface area (Å²) in [6.07, 6.45) is 9.25. The normalized spacial score (nSPS) is 11.3. The van der Waals surface area contributed by atoms with E-state index in [1.54, 1.807) is 12.4 Å². The minimum Gasteiger partial charge on any atom is -0.334 e. The Labute approximate surface area is 121 Å². The first-order valence-electron chi connectivity index (χ1n) is 6.66. The van der Waals surface area contributed by atoms with Gasteiger partial charge >= 0.3 is 0 Å². The second-order valence-electron chi connectivity index (χ2n) is 5.01. The van der Waals surface area contributed by atoms with Gasteiger partial charge in [-0.1, -0.05) is 0 Å². The van der Waals surface area contributed by atoms with Crippen LogP contribution in [-0.2, 0) is 14.1 Å². The lowest BCUT2D eigenvalue weighted by molar-refractivity contribution is 0.896. The molecule has 4 aromatic rings. The molecule has 21 heavy (non-hydrogen) atoms. The number of benzene rings is 1. The maximum atomic E-state index is 4.44. The summed E-state index contributed by atoms with van der Waals surface area (Å²) in [5.74, 6) is 1.66. The molecule has 104 valence electrons. The molecule has 0 atom stereocenters. The zero-order valence-corrected chi connectivity index (χ0v) is 11.8. The van der Waals surface area contributed by atoms with Gasteiger partial charge in [-0.2, -0.15) is 0 Å². The number of imidazole rings is 3. The molecule has 0 N–H and O–H groups in total. The third kappa shape index (κ3) is 1.76. The lowest BCUT2D eigenvalue weighted by Gasteiger charge is -2.08. The molecule has 6 heteroatoms. The smallest absolute Gasteiger partial charge is 0.181 e. The highest BCUT2D eigenvalue weighted by Gasteiger charge is 2.12. The summed E-state index contributed by atoms with van der Waals surface area (Å²) in [4.78, 5) is 13.2. The molecule has 3 heterocycles. The molecule has 0 radical (unpaired) electrons. The van der Waals surface area contributed by atoms with Gasteiger partial charge in [0.15, 0.2) is 11.6 Å². The zero-order valence-electron chi connectivity index (χ0n) is 11.8. The maximum absolute atomic E-state index is 4.44.